The first-order valence-electron chi connectivity index (χ1n) is 7.41. The summed E-state index contributed by atoms with van der Waals surface area (Å²) in [7, 11) is 1.32. The molecular weight excluding hydrogens is 332 g/mol. The second kappa shape index (κ2) is 8.35. The fourth-order valence-corrected chi connectivity index (χ4v) is 2.28. The molecule has 2 N–H and O–H groups in total. The number of rotatable bonds is 7. The predicted molar refractivity (Wildman–Crippen MR) is 92.4 cm³/mol. The highest BCUT2D eigenvalue weighted by atomic mass is 35.5. The molecule has 0 bridgehead atoms. The number of carbonyl (C=O) groups is 2. The SMILES string of the molecule is CCn1nccc1CNc1cc(C(=O)OC)ccc1NC(=O)CCl. The number of hydrogen-bond donors (Lipinski definition) is 2. The highest BCUT2D eigenvalue weighted by Gasteiger charge is 2.12. The van der Waals surface area contributed by atoms with Crippen LogP contribution in [0.4, 0.5) is 11.4 Å². The molecule has 0 spiro atoms. The van der Waals surface area contributed by atoms with Crippen LogP contribution in [-0.2, 0) is 22.6 Å². The number of hydrogen-bond acceptors (Lipinski definition) is 5. The molecule has 2 aromatic rings. The number of benzene rings is 1. The monoisotopic (exact) mass is 350 g/mol. The number of anilines is 2. The van der Waals surface area contributed by atoms with Crippen LogP contribution in [0.2, 0.25) is 0 Å². The van der Waals surface area contributed by atoms with E-state index < -0.39 is 5.97 Å². The van der Waals surface area contributed by atoms with Crippen molar-refractivity contribution in [1.29, 1.82) is 0 Å². The molecule has 8 heteroatoms. The van der Waals surface area contributed by atoms with Crippen molar-refractivity contribution in [3.05, 3.63) is 41.7 Å². The van der Waals surface area contributed by atoms with E-state index in [2.05, 4.69) is 15.7 Å². The predicted octanol–water partition coefficient (Wildman–Crippen LogP) is 2.48. The van der Waals surface area contributed by atoms with Gasteiger partial charge >= 0.3 is 5.97 Å². The van der Waals surface area contributed by atoms with E-state index in [1.165, 1.54) is 7.11 Å². The fraction of sp³-hybridized carbons (Fsp3) is 0.312. The second-order valence-corrected chi connectivity index (χ2v) is 5.19. The summed E-state index contributed by atoms with van der Waals surface area (Å²) in [5, 5.41) is 10.1. The van der Waals surface area contributed by atoms with Gasteiger partial charge in [-0.15, -0.1) is 11.6 Å². The van der Waals surface area contributed by atoms with Crippen LogP contribution in [0.25, 0.3) is 0 Å². The largest absolute Gasteiger partial charge is 0.465 e. The van der Waals surface area contributed by atoms with E-state index in [1.54, 1.807) is 24.4 Å². The number of alkyl halides is 1. The van der Waals surface area contributed by atoms with Crippen molar-refractivity contribution in [2.45, 2.75) is 20.0 Å². The maximum absolute atomic E-state index is 11.7. The molecular formula is C16H19ClN4O3. The van der Waals surface area contributed by atoms with E-state index in [9.17, 15) is 9.59 Å². The van der Waals surface area contributed by atoms with Crippen LogP contribution in [0.5, 0.6) is 0 Å². The summed E-state index contributed by atoms with van der Waals surface area (Å²) in [5.41, 5.74) is 2.50. The third kappa shape index (κ3) is 4.26. The van der Waals surface area contributed by atoms with E-state index in [-0.39, 0.29) is 11.8 Å². The molecule has 0 atom stereocenters. The maximum Gasteiger partial charge on any atom is 0.337 e. The van der Waals surface area contributed by atoms with Gasteiger partial charge in [0.15, 0.2) is 0 Å². The number of nitrogens with one attached hydrogen (secondary N) is 2. The van der Waals surface area contributed by atoms with Gasteiger partial charge in [0.2, 0.25) is 5.91 Å². The van der Waals surface area contributed by atoms with E-state index >= 15 is 0 Å². The zero-order valence-corrected chi connectivity index (χ0v) is 14.3. The molecule has 2 rings (SSSR count). The van der Waals surface area contributed by atoms with Gasteiger partial charge in [-0.2, -0.15) is 5.10 Å². The smallest absolute Gasteiger partial charge is 0.337 e. The summed E-state index contributed by atoms with van der Waals surface area (Å²) in [6.45, 7) is 3.24. The summed E-state index contributed by atoms with van der Waals surface area (Å²) >= 11 is 5.54. The molecule has 0 saturated carbocycles. The van der Waals surface area contributed by atoms with Gasteiger partial charge < -0.3 is 15.4 Å². The van der Waals surface area contributed by atoms with Gasteiger partial charge in [0.1, 0.15) is 5.88 Å². The van der Waals surface area contributed by atoms with Crippen LogP contribution >= 0.6 is 11.6 Å². The first-order valence-corrected chi connectivity index (χ1v) is 7.95. The van der Waals surface area contributed by atoms with Crippen LogP contribution in [0.15, 0.2) is 30.5 Å². The number of nitrogens with zero attached hydrogens (tertiary/aromatic N) is 2. The Balaban J connectivity index is 2.25. The molecule has 1 aromatic heterocycles. The van der Waals surface area contributed by atoms with E-state index in [4.69, 9.17) is 16.3 Å². The topological polar surface area (TPSA) is 85.2 Å². The lowest BCUT2D eigenvalue weighted by Crippen LogP contribution is -2.15. The molecule has 1 heterocycles. The number of halogens is 1. The fourth-order valence-electron chi connectivity index (χ4n) is 2.21. The van der Waals surface area contributed by atoms with E-state index in [0.29, 0.717) is 23.5 Å². The number of methoxy groups -OCH3 is 1. The lowest BCUT2D eigenvalue weighted by Gasteiger charge is -2.14. The molecule has 0 aliphatic carbocycles. The Morgan fingerprint density at radius 1 is 1.29 bits per heavy atom. The summed E-state index contributed by atoms with van der Waals surface area (Å²) in [6, 6.07) is 6.74. The zero-order valence-electron chi connectivity index (χ0n) is 13.5. The third-order valence-electron chi connectivity index (χ3n) is 3.40. The maximum atomic E-state index is 11.7. The van der Waals surface area contributed by atoms with Gasteiger partial charge in [-0.3, -0.25) is 9.48 Å². The first kappa shape index (κ1) is 17.8. The molecule has 0 radical (unpaired) electrons. The van der Waals surface area contributed by atoms with Gasteiger partial charge in [-0.05, 0) is 31.2 Å². The molecule has 0 aliphatic heterocycles. The van der Waals surface area contributed by atoms with Gasteiger partial charge in [0, 0.05) is 12.7 Å². The molecule has 0 saturated heterocycles. The Bertz CT molecular complexity index is 730. The molecule has 24 heavy (non-hydrogen) atoms. The lowest BCUT2D eigenvalue weighted by molar-refractivity contribution is -0.113. The van der Waals surface area contributed by atoms with Gasteiger partial charge in [0.25, 0.3) is 0 Å². The normalized spacial score (nSPS) is 10.3. The first-order chi connectivity index (χ1) is 11.6. The van der Waals surface area contributed by atoms with Crippen molar-refractivity contribution in [3.8, 4) is 0 Å². The molecule has 1 aromatic carbocycles. The van der Waals surface area contributed by atoms with Crippen LogP contribution < -0.4 is 10.6 Å². The number of aromatic nitrogens is 2. The zero-order chi connectivity index (χ0) is 17.5. The van der Waals surface area contributed by atoms with E-state index in [0.717, 1.165) is 12.2 Å². The van der Waals surface area contributed by atoms with Crippen molar-refractivity contribution >= 4 is 34.9 Å². The van der Waals surface area contributed by atoms with Crippen LogP contribution in [-0.4, -0.2) is 34.6 Å². The number of amides is 1. The molecule has 0 aliphatic rings. The van der Waals surface area contributed by atoms with Crippen molar-refractivity contribution in [2.75, 3.05) is 23.6 Å². The number of carbonyl (C=O) groups excluding carboxylic acids is 2. The van der Waals surface area contributed by atoms with Crippen molar-refractivity contribution < 1.29 is 14.3 Å². The Morgan fingerprint density at radius 3 is 2.75 bits per heavy atom. The Hall–Kier alpha value is -2.54. The van der Waals surface area contributed by atoms with E-state index in [1.807, 2.05) is 17.7 Å². The summed E-state index contributed by atoms with van der Waals surface area (Å²) < 4.78 is 6.59. The highest BCUT2D eigenvalue weighted by Crippen LogP contribution is 2.24. The molecule has 1 amide bonds. The minimum atomic E-state index is -0.452. The third-order valence-corrected chi connectivity index (χ3v) is 3.64. The van der Waals surface area contributed by atoms with Gasteiger partial charge in [-0.1, -0.05) is 0 Å². The van der Waals surface area contributed by atoms with Crippen LogP contribution in [0.3, 0.4) is 0 Å². The van der Waals surface area contributed by atoms with Gasteiger partial charge in [0.05, 0.1) is 36.3 Å². The Kier molecular flexibility index (Phi) is 6.20. The minimum absolute atomic E-state index is 0.152. The van der Waals surface area contributed by atoms with Crippen molar-refractivity contribution in [3.63, 3.8) is 0 Å². The summed E-state index contributed by atoms with van der Waals surface area (Å²) in [5.74, 6) is -0.933. The Labute approximate surface area is 144 Å². The van der Waals surface area contributed by atoms with Crippen LogP contribution in [0, 0.1) is 0 Å². The summed E-state index contributed by atoms with van der Waals surface area (Å²) in [4.78, 5) is 23.3. The van der Waals surface area contributed by atoms with Crippen molar-refractivity contribution in [1.82, 2.24) is 9.78 Å². The highest BCUT2D eigenvalue weighted by molar-refractivity contribution is 6.29. The number of aryl methyl sites for hydroxylation is 1. The second-order valence-electron chi connectivity index (χ2n) is 4.93. The summed E-state index contributed by atoms with van der Waals surface area (Å²) in [6.07, 6.45) is 1.72. The molecule has 0 fully saturated rings. The number of ether oxygens (including phenoxy) is 1. The molecule has 7 nitrogen and oxygen atoms in total. The average Bonchev–Trinajstić information content (AvgIpc) is 3.07. The van der Waals surface area contributed by atoms with Crippen molar-refractivity contribution in [2.24, 2.45) is 0 Å². The molecule has 0 unspecified atom stereocenters. The number of esters is 1. The quantitative estimate of drug-likeness (QED) is 0.592. The lowest BCUT2D eigenvalue weighted by atomic mass is 10.1. The average molecular weight is 351 g/mol. The molecule has 128 valence electrons. The van der Waals surface area contributed by atoms with Crippen LogP contribution in [0.1, 0.15) is 23.0 Å². The minimum Gasteiger partial charge on any atom is -0.465 e. The standard InChI is InChI=1S/C16H19ClN4O3/c1-3-21-12(6-7-19-21)10-18-14-8-11(16(23)24-2)4-5-13(14)20-15(22)9-17/h4-8,18H,3,9-10H2,1-2H3,(H,20,22). The van der Waals surface area contributed by atoms with Gasteiger partial charge in [-0.25, -0.2) is 4.79 Å². The Morgan fingerprint density at radius 2 is 2.08 bits per heavy atom.